The van der Waals surface area contributed by atoms with Crippen molar-refractivity contribution in [1.29, 1.82) is 0 Å². The van der Waals surface area contributed by atoms with Crippen LogP contribution in [-0.2, 0) is 5.41 Å². The summed E-state index contributed by atoms with van der Waals surface area (Å²) in [6.07, 6.45) is 0. The molecular formula is C59H38N2O. The fourth-order valence-electron chi connectivity index (χ4n) is 10.9. The third kappa shape index (κ3) is 4.76. The van der Waals surface area contributed by atoms with Gasteiger partial charge in [0.05, 0.1) is 22.5 Å². The molecule has 1 atom stereocenters. The minimum atomic E-state index is -0.664. The first-order chi connectivity index (χ1) is 30.8. The molecule has 1 spiro atoms. The maximum Gasteiger partial charge on any atom is 0.159 e. The third-order valence-corrected chi connectivity index (χ3v) is 13.2. The van der Waals surface area contributed by atoms with E-state index in [1.54, 1.807) is 0 Å². The number of fused-ring (bicyclic) bond motifs is 15. The molecule has 10 aromatic carbocycles. The Morgan fingerprint density at radius 3 is 1.53 bits per heavy atom. The summed E-state index contributed by atoms with van der Waals surface area (Å²) in [5, 5.41) is 4.67. The van der Waals surface area contributed by atoms with Crippen molar-refractivity contribution < 1.29 is 4.42 Å². The van der Waals surface area contributed by atoms with E-state index in [9.17, 15) is 0 Å². The Hall–Kier alpha value is -8.14. The summed E-state index contributed by atoms with van der Waals surface area (Å²) in [6.45, 7) is 0. The molecule has 0 fully saturated rings. The summed E-state index contributed by atoms with van der Waals surface area (Å²) in [7, 11) is 0. The van der Waals surface area contributed by atoms with Gasteiger partial charge in [-0.3, -0.25) is 0 Å². The topological polar surface area (TPSA) is 19.6 Å². The normalized spacial score (nSPS) is 14.5. The fraction of sp³-hybridized carbons (Fsp3) is 0.0169. The number of hydrogen-bond acceptors (Lipinski definition) is 3. The van der Waals surface area contributed by atoms with Crippen molar-refractivity contribution in [2.75, 3.05) is 9.80 Å². The minimum absolute atomic E-state index is 0.664. The summed E-state index contributed by atoms with van der Waals surface area (Å²) >= 11 is 0. The molecule has 2 aliphatic carbocycles. The predicted molar refractivity (Wildman–Crippen MR) is 257 cm³/mol. The summed E-state index contributed by atoms with van der Waals surface area (Å²) in [5.74, 6) is 0. The SMILES string of the molecule is c1ccc(N(c2ccccc2)c2cc3ccccc3c3c2C2(c4ccccc4-c4c(N(c5ccccc5)c5cccc6c5oc5ccccc56)cccc42)c2ccccc2-3)cc1. The van der Waals surface area contributed by atoms with Gasteiger partial charge >= 0.3 is 0 Å². The van der Waals surface area contributed by atoms with Crippen molar-refractivity contribution in [3.63, 3.8) is 0 Å². The third-order valence-electron chi connectivity index (χ3n) is 13.2. The van der Waals surface area contributed by atoms with Crippen LogP contribution in [0.3, 0.4) is 0 Å². The van der Waals surface area contributed by atoms with E-state index in [4.69, 9.17) is 4.42 Å². The van der Waals surface area contributed by atoms with Crippen molar-refractivity contribution in [2.24, 2.45) is 0 Å². The Labute approximate surface area is 360 Å². The number of rotatable bonds is 6. The van der Waals surface area contributed by atoms with Crippen molar-refractivity contribution in [2.45, 2.75) is 5.41 Å². The molecule has 13 rings (SSSR count). The number of nitrogens with zero attached hydrogens (tertiary/aromatic N) is 2. The summed E-state index contributed by atoms with van der Waals surface area (Å²) in [4.78, 5) is 4.89. The Balaban J connectivity index is 1.18. The van der Waals surface area contributed by atoms with E-state index in [-0.39, 0.29) is 0 Å². The molecule has 290 valence electrons. The van der Waals surface area contributed by atoms with E-state index in [1.807, 2.05) is 6.07 Å². The standard InChI is InChI=1S/C59H38N2O/c1-4-21-40(22-5-1)60(41-23-6-2-7-24-41)53-38-39-20-10-11-27-43(39)55-46-29-12-15-32-48(46)59(57(53)55)49-33-16-13-30-47(49)56-50(59)34-19-35-51(56)61(42-25-8-3-9-26-42)52-36-18-31-45-44-28-14-17-37-54(44)62-58(45)52/h1-38H. The molecule has 3 heteroatoms. The van der Waals surface area contributed by atoms with Crippen molar-refractivity contribution in [1.82, 2.24) is 0 Å². The Kier molecular flexibility index (Phi) is 7.52. The Morgan fingerprint density at radius 1 is 0.339 bits per heavy atom. The maximum absolute atomic E-state index is 6.80. The van der Waals surface area contributed by atoms with E-state index in [2.05, 4.69) is 234 Å². The summed E-state index contributed by atoms with van der Waals surface area (Å²) in [6, 6.07) is 84.0. The lowest BCUT2D eigenvalue weighted by Gasteiger charge is -2.36. The quantitative estimate of drug-likeness (QED) is 0.167. The molecule has 1 heterocycles. The number of anilines is 6. The molecule has 1 aromatic heterocycles. The highest BCUT2D eigenvalue weighted by Gasteiger charge is 2.54. The molecule has 0 N–H and O–H groups in total. The molecule has 11 aromatic rings. The van der Waals surface area contributed by atoms with Crippen LogP contribution in [0.5, 0.6) is 0 Å². The molecule has 62 heavy (non-hydrogen) atoms. The van der Waals surface area contributed by atoms with Gasteiger partial charge in [-0.25, -0.2) is 0 Å². The number of para-hydroxylation sites is 5. The second-order valence-electron chi connectivity index (χ2n) is 16.3. The van der Waals surface area contributed by atoms with E-state index < -0.39 is 5.41 Å². The van der Waals surface area contributed by atoms with Crippen LogP contribution < -0.4 is 9.80 Å². The first kappa shape index (κ1) is 34.7. The fourth-order valence-corrected chi connectivity index (χ4v) is 10.9. The second kappa shape index (κ2) is 13.4. The first-order valence-electron chi connectivity index (χ1n) is 21.4. The van der Waals surface area contributed by atoms with Crippen molar-refractivity contribution >= 4 is 66.8 Å². The highest BCUT2D eigenvalue weighted by Crippen LogP contribution is 2.68. The van der Waals surface area contributed by atoms with Gasteiger partial charge in [0.2, 0.25) is 0 Å². The molecule has 1 unspecified atom stereocenters. The van der Waals surface area contributed by atoms with Crippen LogP contribution in [-0.4, -0.2) is 0 Å². The van der Waals surface area contributed by atoms with Crippen LogP contribution in [0, 0.1) is 0 Å². The molecule has 0 amide bonds. The molecule has 0 saturated heterocycles. The average Bonchev–Trinajstić information content (AvgIpc) is 3.98. The molecule has 0 aliphatic heterocycles. The zero-order chi connectivity index (χ0) is 40.8. The molecule has 0 radical (unpaired) electrons. The van der Waals surface area contributed by atoms with Gasteiger partial charge in [0, 0.05) is 39.0 Å². The van der Waals surface area contributed by atoms with E-state index in [1.165, 1.54) is 55.3 Å². The van der Waals surface area contributed by atoms with Gasteiger partial charge < -0.3 is 14.2 Å². The maximum atomic E-state index is 6.80. The van der Waals surface area contributed by atoms with Gasteiger partial charge in [-0.05, 0) is 105 Å². The summed E-state index contributed by atoms with van der Waals surface area (Å²) < 4.78 is 6.80. The largest absolute Gasteiger partial charge is 0.454 e. The highest BCUT2D eigenvalue weighted by atomic mass is 16.3. The van der Waals surface area contributed by atoms with E-state index >= 15 is 0 Å². The minimum Gasteiger partial charge on any atom is -0.454 e. The van der Waals surface area contributed by atoms with Gasteiger partial charge in [-0.15, -0.1) is 0 Å². The van der Waals surface area contributed by atoms with Gasteiger partial charge in [-0.2, -0.15) is 0 Å². The lowest BCUT2D eigenvalue weighted by Crippen LogP contribution is -2.28. The van der Waals surface area contributed by atoms with Crippen LogP contribution in [0.1, 0.15) is 22.3 Å². The van der Waals surface area contributed by atoms with Crippen molar-refractivity contribution in [3.05, 3.63) is 253 Å². The smallest absolute Gasteiger partial charge is 0.159 e. The second-order valence-corrected chi connectivity index (χ2v) is 16.3. The van der Waals surface area contributed by atoms with Crippen LogP contribution >= 0.6 is 0 Å². The monoisotopic (exact) mass is 790 g/mol. The van der Waals surface area contributed by atoms with Crippen LogP contribution in [0.25, 0.3) is 55.0 Å². The Bertz CT molecular complexity index is 3500. The average molecular weight is 791 g/mol. The molecule has 0 bridgehead atoms. The Morgan fingerprint density at radius 2 is 0.839 bits per heavy atom. The molecular weight excluding hydrogens is 753 g/mol. The molecule has 3 nitrogen and oxygen atoms in total. The van der Waals surface area contributed by atoms with Crippen LogP contribution in [0.15, 0.2) is 235 Å². The molecule has 2 aliphatic rings. The highest BCUT2D eigenvalue weighted by molar-refractivity contribution is 6.13. The van der Waals surface area contributed by atoms with E-state index in [0.717, 1.165) is 56.1 Å². The van der Waals surface area contributed by atoms with Gasteiger partial charge in [0.25, 0.3) is 0 Å². The predicted octanol–water partition coefficient (Wildman–Crippen LogP) is 16.0. The van der Waals surface area contributed by atoms with Crippen LogP contribution in [0.4, 0.5) is 34.1 Å². The zero-order valence-electron chi connectivity index (χ0n) is 33.7. The lowest BCUT2D eigenvalue weighted by molar-refractivity contribution is 0.669. The summed E-state index contributed by atoms with van der Waals surface area (Å²) in [5.41, 5.74) is 17.7. The van der Waals surface area contributed by atoms with Crippen molar-refractivity contribution in [3.8, 4) is 22.3 Å². The van der Waals surface area contributed by atoms with Gasteiger partial charge in [0.15, 0.2) is 5.58 Å². The van der Waals surface area contributed by atoms with Gasteiger partial charge in [-0.1, -0.05) is 170 Å². The van der Waals surface area contributed by atoms with Crippen LogP contribution in [0.2, 0.25) is 0 Å². The lowest BCUT2D eigenvalue weighted by atomic mass is 9.69. The zero-order valence-corrected chi connectivity index (χ0v) is 33.7. The molecule has 0 saturated carbocycles. The number of hydrogen-bond donors (Lipinski definition) is 0. The number of benzene rings is 10. The van der Waals surface area contributed by atoms with E-state index in [0.29, 0.717) is 0 Å². The first-order valence-corrected chi connectivity index (χ1v) is 21.4. The number of furan rings is 1. The van der Waals surface area contributed by atoms with Gasteiger partial charge in [0.1, 0.15) is 5.58 Å².